The lowest BCUT2D eigenvalue weighted by Crippen LogP contribution is -2.43. The maximum absolute atomic E-state index is 15.1. The van der Waals surface area contributed by atoms with E-state index >= 15 is 8.78 Å². The fourth-order valence-corrected chi connectivity index (χ4v) is 5.00. The van der Waals surface area contributed by atoms with E-state index in [1.807, 2.05) is 13.8 Å². The number of carbonyl (C=O) groups is 2. The van der Waals surface area contributed by atoms with Crippen molar-refractivity contribution < 1.29 is 37.8 Å². The molecule has 0 saturated carbocycles. The second kappa shape index (κ2) is 11.6. The van der Waals surface area contributed by atoms with E-state index < -0.39 is 34.4 Å². The summed E-state index contributed by atoms with van der Waals surface area (Å²) >= 11 is 0. The molecule has 8 nitrogen and oxygen atoms in total. The number of esters is 1. The van der Waals surface area contributed by atoms with Crippen molar-refractivity contribution in [3.05, 3.63) is 45.0 Å². The average molecular weight is 524 g/mol. The van der Waals surface area contributed by atoms with Crippen LogP contribution in [0.2, 0.25) is 0 Å². The molecule has 0 N–H and O–H groups in total. The van der Waals surface area contributed by atoms with E-state index in [4.69, 9.17) is 9.47 Å². The van der Waals surface area contributed by atoms with Crippen LogP contribution in [0, 0.1) is 16.0 Å². The van der Waals surface area contributed by atoms with Gasteiger partial charge < -0.3 is 14.3 Å². The zero-order chi connectivity index (χ0) is 27.4. The van der Waals surface area contributed by atoms with Gasteiger partial charge in [-0.2, -0.15) is 8.78 Å². The number of carbonyl (C=O) groups excluding carboxylic acids is 2. The van der Waals surface area contributed by atoms with E-state index in [9.17, 15) is 19.7 Å². The highest BCUT2D eigenvalue weighted by atomic mass is 19.3. The Bertz CT molecular complexity index is 1070. The van der Waals surface area contributed by atoms with Gasteiger partial charge in [-0.15, -0.1) is 10.1 Å². The molecule has 0 aromatic heterocycles. The minimum absolute atomic E-state index is 0.0472. The molecule has 10 heteroatoms. The zero-order valence-electron chi connectivity index (χ0n) is 21.8. The summed E-state index contributed by atoms with van der Waals surface area (Å²) in [6, 6.07) is 3.06. The summed E-state index contributed by atoms with van der Waals surface area (Å²) in [5.41, 5.74) is 0.733. The predicted molar refractivity (Wildman–Crippen MR) is 131 cm³/mol. The molecule has 1 aromatic carbocycles. The largest absolute Gasteiger partial charge is 0.432 e. The molecular weight excluding hydrogens is 488 g/mol. The first-order valence-electron chi connectivity index (χ1n) is 12.8. The number of halogens is 2. The standard InChI is InChI=1S/C27H35F2NO7/c1-5-6-7-9-23(31)26(3,4)18-15-21(36-24(32)10-8-13-35-30(33)34)25-19-14-17(2)11-12-20(19)27(28,29)37-22(25)16-18/h11,15-16,19-20H,5-10,12-14H2,1-4H3/t19-,20-/m1/s1. The maximum Gasteiger partial charge on any atom is 0.401 e. The topological polar surface area (TPSA) is 105 Å². The van der Waals surface area contributed by atoms with Crippen molar-refractivity contribution in [3.8, 4) is 11.5 Å². The fourth-order valence-electron chi connectivity index (χ4n) is 5.00. The van der Waals surface area contributed by atoms with Crippen molar-refractivity contribution in [1.29, 1.82) is 0 Å². The summed E-state index contributed by atoms with van der Waals surface area (Å²) in [5, 5.41) is 9.39. The Morgan fingerprint density at radius 1 is 1.22 bits per heavy atom. The van der Waals surface area contributed by atoms with Crippen LogP contribution in [0.1, 0.15) is 96.1 Å². The second-order valence-corrected chi connectivity index (χ2v) is 10.4. The number of nitrogens with zero attached hydrogens (tertiary/aromatic N) is 1. The van der Waals surface area contributed by atoms with Crippen molar-refractivity contribution in [2.45, 2.75) is 96.5 Å². The Labute approximate surface area is 215 Å². The van der Waals surface area contributed by atoms with Crippen molar-refractivity contribution in [3.63, 3.8) is 0 Å². The average Bonchev–Trinajstić information content (AvgIpc) is 2.80. The van der Waals surface area contributed by atoms with Crippen molar-refractivity contribution >= 4 is 11.8 Å². The summed E-state index contributed by atoms with van der Waals surface area (Å²) in [6.07, 6.45) is 1.63. The molecule has 0 unspecified atom stereocenters. The molecule has 0 radical (unpaired) electrons. The molecule has 0 saturated heterocycles. The maximum atomic E-state index is 15.1. The van der Waals surface area contributed by atoms with Gasteiger partial charge in [-0.05, 0) is 64.2 Å². The lowest BCUT2D eigenvalue weighted by atomic mass is 9.71. The number of hydrogen-bond donors (Lipinski definition) is 0. The molecule has 204 valence electrons. The van der Waals surface area contributed by atoms with E-state index in [0.717, 1.165) is 24.8 Å². The number of hydrogen-bond acceptors (Lipinski definition) is 7. The van der Waals surface area contributed by atoms with Crippen molar-refractivity contribution in [1.82, 2.24) is 0 Å². The predicted octanol–water partition coefficient (Wildman–Crippen LogP) is 6.43. The molecular formula is C27H35F2NO7. The van der Waals surface area contributed by atoms with Gasteiger partial charge in [-0.3, -0.25) is 9.59 Å². The number of fused-ring (bicyclic) bond motifs is 3. The molecule has 0 bridgehead atoms. The summed E-state index contributed by atoms with van der Waals surface area (Å²) in [7, 11) is 0. The SMILES string of the molecule is CCCCCC(=O)C(C)(C)c1cc(OC(=O)CCCO[N+](=O)[O-])c2c(c1)OC(F)(F)[C@@H]1CC=C(C)C[C@@H]21. The van der Waals surface area contributed by atoms with Gasteiger partial charge in [0.1, 0.15) is 17.3 Å². The van der Waals surface area contributed by atoms with Crippen molar-refractivity contribution in [2.75, 3.05) is 6.61 Å². The third-order valence-electron chi connectivity index (χ3n) is 7.27. The Morgan fingerprint density at radius 2 is 1.95 bits per heavy atom. The Balaban J connectivity index is 2.00. The first kappa shape index (κ1) is 28.5. The number of benzene rings is 1. The summed E-state index contributed by atoms with van der Waals surface area (Å²) in [4.78, 5) is 40.3. The molecule has 0 fully saturated rings. The van der Waals surface area contributed by atoms with Crippen LogP contribution in [0.3, 0.4) is 0 Å². The normalized spacial score (nSPS) is 20.1. The number of rotatable bonds is 12. The van der Waals surface area contributed by atoms with Crippen LogP contribution in [0.15, 0.2) is 23.8 Å². The van der Waals surface area contributed by atoms with Crippen LogP contribution in [0.25, 0.3) is 0 Å². The van der Waals surface area contributed by atoms with E-state index in [1.54, 1.807) is 26.0 Å². The van der Waals surface area contributed by atoms with Gasteiger partial charge >= 0.3 is 12.1 Å². The summed E-state index contributed by atoms with van der Waals surface area (Å²) in [6.45, 7) is 7.08. The highest BCUT2D eigenvalue weighted by molar-refractivity contribution is 5.89. The molecule has 37 heavy (non-hydrogen) atoms. The van der Waals surface area contributed by atoms with Crippen LogP contribution in [-0.2, 0) is 19.8 Å². The Kier molecular flexibility index (Phi) is 8.92. The smallest absolute Gasteiger partial charge is 0.401 e. The molecule has 1 aromatic rings. The Hall–Kier alpha value is -3.04. The molecule has 0 amide bonds. The minimum Gasteiger partial charge on any atom is -0.432 e. The van der Waals surface area contributed by atoms with Gasteiger partial charge in [-0.1, -0.05) is 31.4 Å². The van der Waals surface area contributed by atoms with Crippen LogP contribution in [0.5, 0.6) is 11.5 Å². The molecule has 2 aliphatic rings. The fraction of sp³-hybridized carbons (Fsp3) is 0.630. The van der Waals surface area contributed by atoms with Crippen LogP contribution in [-0.4, -0.2) is 29.6 Å². The van der Waals surface area contributed by atoms with E-state index in [2.05, 4.69) is 4.84 Å². The molecule has 1 heterocycles. The highest BCUT2D eigenvalue weighted by Crippen LogP contribution is 2.56. The minimum atomic E-state index is -3.43. The van der Waals surface area contributed by atoms with Gasteiger partial charge in [-0.25, -0.2) is 0 Å². The second-order valence-electron chi connectivity index (χ2n) is 10.4. The molecule has 1 aliphatic heterocycles. The van der Waals surface area contributed by atoms with Gasteiger partial charge in [0.25, 0.3) is 5.09 Å². The van der Waals surface area contributed by atoms with Gasteiger partial charge in [0.2, 0.25) is 0 Å². The first-order chi connectivity index (χ1) is 17.4. The number of alkyl halides is 2. The Morgan fingerprint density at radius 3 is 2.62 bits per heavy atom. The monoisotopic (exact) mass is 523 g/mol. The molecule has 2 atom stereocenters. The van der Waals surface area contributed by atoms with Gasteiger partial charge in [0.15, 0.2) is 0 Å². The van der Waals surface area contributed by atoms with Crippen LogP contribution >= 0.6 is 0 Å². The summed E-state index contributed by atoms with van der Waals surface area (Å²) in [5.74, 6) is -2.50. The van der Waals surface area contributed by atoms with Gasteiger partial charge in [0.05, 0.1) is 12.5 Å². The van der Waals surface area contributed by atoms with E-state index in [0.29, 0.717) is 24.0 Å². The zero-order valence-corrected chi connectivity index (χ0v) is 21.8. The van der Waals surface area contributed by atoms with Crippen molar-refractivity contribution in [2.24, 2.45) is 5.92 Å². The quantitative estimate of drug-likeness (QED) is 0.0776. The number of allylic oxidation sites excluding steroid dienone is 2. The summed E-state index contributed by atoms with van der Waals surface area (Å²) < 4.78 is 41.1. The van der Waals surface area contributed by atoms with E-state index in [-0.39, 0.29) is 43.2 Å². The van der Waals surface area contributed by atoms with E-state index in [1.165, 1.54) is 6.07 Å². The van der Waals surface area contributed by atoms with Gasteiger partial charge in [0, 0.05) is 29.7 Å². The third kappa shape index (κ3) is 6.64. The molecule has 3 rings (SSSR count). The lowest BCUT2D eigenvalue weighted by Gasteiger charge is -2.42. The van der Waals surface area contributed by atoms with Crippen LogP contribution in [0.4, 0.5) is 8.78 Å². The number of unbranched alkanes of at least 4 members (excludes halogenated alkanes) is 2. The molecule has 0 spiro atoms. The molecule has 1 aliphatic carbocycles. The number of Topliss-reactive ketones (excluding diaryl/α,β-unsaturated/α-hetero) is 1. The number of ether oxygens (including phenoxy) is 2. The first-order valence-corrected chi connectivity index (χ1v) is 12.8. The van der Waals surface area contributed by atoms with Crippen LogP contribution < -0.4 is 9.47 Å². The number of ketones is 1. The lowest BCUT2D eigenvalue weighted by molar-refractivity contribution is -0.757. The highest BCUT2D eigenvalue weighted by Gasteiger charge is 2.53. The third-order valence-corrected chi connectivity index (χ3v) is 7.27.